The Morgan fingerprint density at radius 2 is 1.79 bits per heavy atom. The SMILES string of the molecule is Cc1ccc(-c2cc(C(F)(F)F)nn2-c2ccc(S(=O)(=O)NC(=O)CCCC(N)CN=C(N)NO)cc2)cc1. The average molecular weight is 568 g/mol. The van der Waals surface area contributed by atoms with Crippen molar-refractivity contribution in [2.45, 2.75) is 43.3 Å². The molecule has 15 heteroatoms. The Morgan fingerprint density at radius 1 is 1.15 bits per heavy atom. The topological polar surface area (TPSA) is 178 Å². The van der Waals surface area contributed by atoms with Crippen LogP contribution in [-0.4, -0.2) is 47.9 Å². The molecule has 1 heterocycles. The fourth-order valence-electron chi connectivity index (χ4n) is 3.54. The number of aromatic nitrogens is 2. The maximum Gasteiger partial charge on any atom is 0.435 e. The smallest absolute Gasteiger partial charge is 0.368 e. The normalized spacial score (nSPS) is 13.2. The summed E-state index contributed by atoms with van der Waals surface area (Å²) in [5.41, 5.74) is 13.5. The number of carbonyl (C=O) groups is 1. The van der Waals surface area contributed by atoms with Gasteiger partial charge in [0.25, 0.3) is 10.0 Å². The lowest BCUT2D eigenvalue weighted by molar-refractivity contribution is -0.141. The van der Waals surface area contributed by atoms with Crippen molar-refractivity contribution in [3.8, 4) is 16.9 Å². The van der Waals surface area contributed by atoms with Gasteiger partial charge in [0.05, 0.1) is 22.8 Å². The van der Waals surface area contributed by atoms with Crippen LogP contribution in [0.2, 0.25) is 0 Å². The van der Waals surface area contributed by atoms with Crippen molar-refractivity contribution < 1.29 is 31.6 Å². The minimum atomic E-state index is -4.68. The van der Waals surface area contributed by atoms with Crippen LogP contribution in [0.5, 0.6) is 0 Å². The number of guanidine groups is 1. The number of aryl methyl sites for hydroxylation is 1. The zero-order chi connectivity index (χ0) is 28.8. The first-order chi connectivity index (χ1) is 18.3. The fraction of sp³-hybridized carbons (Fsp3) is 0.292. The van der Waals surface area contributed by atoms with Crippen molar-refractivity contribution in [2.24, 2.45) is 16.5 Å². The van der Waals surface area contributed by atoms with E-state index in [-0.39, 0.29) is 41.6 Å². The van der Waals surface area contributed by atoms with Gasteiger partial charge in [-0.1, -0.05) is 29.8 Å². The van der Waals surface area contributed by atoms with E-state index in [4.69, 9.17) is 16.7 Å². The van der Waals surface area contributed by atoms with E-state index in [2.05, 4.69) is 10.1 Å². The summed E-state index contributed by atoms with van der Waals surface area (Å²) in [5.74, 6) is -0.963. The van der Waals surface area contributed by atoms with Gasteiger partial charge >= 0.3 is 6.18 Å². The van der Waals surface area contributed by atoms with Crippen LogP contribution in [0.15, 0.2) is 64.5 Å². The quantitative estimate of drug-likeness (QED) is 0.141. The third-order valence-corrected chi connectivity index (χ3v) is 6.97. The van der Waals surface area contributed by atoms with Crippen LogP contribution >= 0.6 is 0 Å². The number of benzene rings is 2. The van der Waals surface area contributed by atoms with Crippen LogP contribution in [0.3, 0.4) is 0 Å². The minimum absolute atomic E-state index is 0.0952. The van der Waals surface area contributed by atoms with Crippen molar-refractivity contribution >= 4 is 21.9 Å². The summed E-state index contributed by atoms with van der Waals surface area (Å²) < 4.78 is 68.6. The van der Waals surface area contributed by atoms with Crippen LogP contribution in [-0.2, 0) is 21.0 Å². The van der Waals surface area contributed by atoms with E-state index < -0.39 is 33.8 Å². The lowest BCUT2D eigenvalue weighted by atomic mass is 10.1. The summed E-state index contributed by atoms with van der Waals surface area (Å²) in [7, 11) is -4.23. The van der Waals surface area contributed by atoms with Gasteiger partial charge in [-0.2, -0.15) is 18.3 Å². The summed E-state index contributed by atoms with van der Waals surface area (Å²) in [6.45, 7) is 1.94. The molecule has 2 aromatic carbocycles. The Bertz CT molecular complexity index is 1420. The van der Waals surface area contributed by atoms with E-state index in [0.29, 0.717) is 12.0 Å². The fourth-order valence-corrected chi connectivity index (χ4v) is 4.55. The first-order valence-corrected chi connectivity index (χ1v) is 13.1. The van der Waals surface area contributed by atoms with Crippen LogP contribution in [0.25, 0.3) is 16.9 Å². The number of nitrogens with zero attached hydrogens (tertiary/aromatic N) is 3. The molecule has 0 spiro atoms. The van der Waals surface area contributed by atoms with Gasteiger partial charge in [-0.25, -0.2) is 23.3 Å². The molecule has 7 N–H and O–H groups in total. The summed E-state index contributed by atoms with van der Waals surface area (Å²) in [4.78, 5) is 15.7. The van der Waals surface area contributed by atoms with Crippen molar-refractivity contribution in [1.29, 1.82) is 0 Å². The number of hydroxylamine groups is 1. The van der Waals surface area contributed by atoms with E-state index >= 15 is 0 Å². The highest BCUT2D eigenvalue weighted by atomic mass is 32.2. The zero-order valence-corrected chi connectivity index (χ0v) is 21.6. The highest BCUT2D eigenvalue weighted by Crippen LogP contribution is 2.33. The van der Waals surface area contributed by atoms with E-state index in [9.17, 15) is 26.4 Å². The molecule has 0 saturated heterocycles. The van der Waals surface area contributed by atoms with Gasteiger partial charge in [0.1, 0.15) is 0 Å². The first-order valence-electron chi connectivity index (χ1n) is 11.7. The number of hydrogen-bond donors (Lipinski definition) is 5. The third-order valence-electron chi connectivity index (χ3n) is 5.58. The summed E-state index contributed by atoms with van der Waals surface area (Å²) in [6, 6.07) is 12.3. The second kappa shape index (κ2) is 12.3. The molecule has 210 valence electrons. The molecule has 0 aliphatic carbocycles. The second-order valence-electron chi connectivity index (χ2n) is 8.70. The van der Waals surface area contributed by atoms with Crippen LogP contribution in [0.4, 0.5) is 13.2 Å². The third kappa shape index (κ3) is 8.02. The molecule has 11 nitrogen and oxygen atoms in total. The molecule has 0 aliphatic rings. The number of amides is 1. The Morgan fingerprint density at radius 3 is 2.38 bits per heavy atom. The molecule has 0 radical (unpaired) electrons. The molecule has 1 aromatic heterocycles. The molecule has 1 amide bonds. The lowest BCUT2D eigenvalue weighted by Gasteiger charge is -2.11. The van der Waals surface area contributed by atoms with Gasteiger partial charge in [0, 0.05) is 18.0 Å². The molecule has 0 fully saturated rings. The minimum Gasteiger partial charge on any atom is -0.368 e. The standard InChI is InChI=1S/C24H28F3N7O4S/c1-15-5-7-16(8-6-15)20-13-21(24(25,26)27)31-34(20)18-9-11-19(12-10-18)39(37,38)33-22(35)4-2-3-17(28)14-30-23(29)32-36/h5-13,17,36H,2-4,14,28H2,1H3,(H,33,35)(H3,29,30,32). The van der Waals surface area contributed by atoms with Crippen molar-refractivity contribution in [3.63, 3.8) is 0 Å². The summed E-state index contributed by atoms with van der Waals surface area (Å²) in [6.07, 6.45) is -4.20. The molecular formula is C24H28F3N7O4S. The van der Waals surface area contributed by atoms with Gasteiger partial charge in [-0.05, 0) is 50.1 Å². The number of nitrogens with one attached hydrogen (secondary N) is 2. The number of halogens is 3. The molecule has 0 saturated carbocycles. The van der Waals surface area contributed by atoms with Crippen LogP contribution in [0, 0.1) is 6.92 Å². The van der Waals surface area contributed by atoms with Gasteiger partial charge in [0.2, 0.25) is 11.9 Å². The number of hydrogen-bond acceptors (Lipinski definition) is 7. The molecule has 1 atom stereocenters. The van der Waals surface area contributed by atoms with E-state index in [1.807, 2.05) is 11.6 Å². The summed E-state index contributed by atoms with van der Waals surface area (Å²) >= 11 is 0. The molecule has 39 heavy (non-hydrogen) atoms. The number of nitrogens with two attached hydrogens (primary N) is 2. The Kier molecular flexibility index (Phi) is 9.32. The molecule has 0 aliphatic heterocycles. The number of sulfonamides is 1. The van der Waals surface area contributed by atoms with Gasteiger partial charge in [-0.15, -0.1) is 0 Å². The van der Waals surface area contributed by atoms with Gasteiger partial charge in [0.15, 0.2) is 5.69 Å². The molecular weight excluding hydrogens is 539 g/mol. The maximum absolute atomic E-state index is 13.4. The molecule has 3 aromatic rings. The highest BCUT2D eigenvalue weighted by Gasteiger charge is 2.35. The Hall–Kier alpha value is -3.95. The van der Waals surface area contributed by atoms with Crippen molar-refractivity contribution in [2.75, 3.05) is 6.54 Å². The molecule has 3 rings (SSSR count). The van der Waals surface area contributed by atoms with Crippen molar-refractivity contribution in [3.05, 3.63) is 65.9 Å². The lowest BCUT2D eigenvalue weighted by Crippen LogP contribution is -2.32. The maximum atomic E-state index is 13.4. The number of carbonyl (C=O) groups excluding carboxylic acids is 1. The molecule has 0 bridgehead atoms. The van der Waals surface area contributed by atoms with Crippen LogP contribution < -0.4 is 21.7 Å². The number of rotatable bonds is 10. The largest absolute Gasteiger partial charge is 0.435 e. The van der Waals surface area contributed by atoms with E-state index in [0.717, 1.165) is 16.3 Å². The van der Waals surface area contributed by atoms with Gasteiger partial charge in [-0.3, -0.25) is 15.0 Å². The number of aliphatic imine (C=N–C) groups is 1. The van der Waals surface area contributed by atoms with E-state index in [1.54, 1.807) is 29.7 Å². The van der Waals surface area contributed by atoms with Crippen molar-refractivity contribution in [1.82, 2.24) is 20.0 Å². The second-order valence-corrected chi connectivity index (χ2v) is 10.4. The first kappa shape index (κ1) is 29.6. The Labute approximate surface area is 222 Å². The van der Waals surface area contributed by atoms with E-state index in [1.165, 1.54) is 24.3 Å². The molecule has 1 unspecified atom stereocenters. The Balaban J connectivity index is 1.72. The zero-order valence-electron chi connectivity index (χ0n) is 20.8. The predicted molar refractivity (Wildman–Crippen MR) is 137 cm³/mol. The highest BCUT2D eigenvalue weighted by molar-refractivity contribution is 7.90. The van der Waals surface area contributed by atoms with Gasteiger partial charge < -0.3 is 11.5 Å². The predicted octanol–water partition coefficient (Wildman–Crippen LogP) is 2.46. The monoisotopic (exact) mass is 567 g/mol. The average Bonchev–Trinajstić information content (AvgIpc) is 3.34. The number of alkyl halides is 3. The van der Waals surface area contributed by atoms with Crippen LogP contribution in [0.1, 0.15) is 30.5 Å². The summed E-state index contributed by atoms with van der Waals surface area (Å²) in [5, 5.41) is 12.3.